The van der Waals surface area contributed by atoms with Gasteiger partial charge in [-0.05, 0) is 54.9 Å². The van der Waals surface area contributed by atoms with E-state index in [2.05, 4.69) is 61.5 Å². The second kappa shape index (κ2) is 5.13. The number of nitriles is 1. The molecule has 1 aliphatic carbocycles. The van der Waals surface area contributed by atoms with Crippen LogP contribution in [0.3, 0.4) is 0 Å². The quantitative estimate of drug-likeness (QED) is 0.793. The maximum absolute atomic E-state index is 9.77. The fourth-order valence-corrected chi connectivity index (χ4v) is 3.26. The summed E-state index contributed by atoms with van der Waals surface area (Å²) in [4.78, 5) is 0. The molecular formula is C19H19N. The molecule has 2 aromatic carbocycles. The zero-order valence-electron chi connectivity index (χ0n) is 11.9. The maximum Gasteiger partial charge on any atom is 0.0696 e. The summed E-state index contributed by atoms with van der Waals surface area (Å²) in [6.45, 7) is 2.14. The van der Waals surface area contributed by atoms with Crippen LogP contribution in [0.2, 0.25) is 0 Å². The maximum atomic E-state index is 9.77. The third kappa shape index (κ3) is 2.34. The molecule has 0 aliphatic heterocycles. The first-order valence-electron chi connectivity index (χ1n) is 7.25. The summed E-state index contributed by atoms with van der Waals surface area (Å²) in [5, 5.41) is 9.77. The Morgan fingerprint density at radius 3 is 2.50 bits per heavy atom. The number of rotatable bonds is 2. The summed E-state index contributed by atoms with van der Waals surface area (Å²) < 4.78 is 0. The van der Waals surface area contributed by atoms with Gasteiger partial charge in [-0.15, -0.1) is 0 Å². The molecule has 0 fully saturated rings. The molecule has 0 bridgehead atoms. The molecule has 100 valence electrons. The minimum absolute atomic E-state index is 0.236. The summed E-state index contributed by atoms with van der Waals surface area (Å²) >= 11 is 0. The lowest BCUT2D eigenvalue weighted by Crippen LogP contribution is -2.30. The van der Waals surface area contributed by atoms with E-state index in [0.717, 1.165) is 25.7 Å². The smallest absolute Gasteiger partial charge is 0.0696 e. The molecule has 3 rings (SSSR count). The number of hydrogen-bond acceptors (Lipinski definition) is 1. The lowest BCUT2D eigenvalue weighted by molar-refractivity contribution is 0.339. The molecule has 1 nitrogen and oxygen atoms in total. The molecular weight excluding hydrogens is 242 g/mol. The van der Waals surface area contributed by atoms with Gasteiger partial charge in [-0.1, -0.05) is 48.5 Å². The second-order valence-electron chi connectivity index (χ2n) is 5.94. The molecule has 1 atom stereocenters. The average molecular weight is 261 g/mol. The van der Waals surface area contributed by atoms with Crippen molar-refractivity contribution in [3.05, 3.63) is 70.8 Å². The normalized spacial score (nSPS) is 21.0. The first-order chi connectivity index (χ1) is 9.72. The summed E-state index contributed by atoms with van der Waals surface area (Å²) in [5.41, 5.74) is 5.15. The Labute approximate surface area is 120 Å². The van der Waals surface area contributed by atoms with Crippen LogP contribution in [0.5, 0.6) is 0 Å². The van der Waals surface area contributed by atoms with Crippen LogP contribution in [-0.2, 0) is 19.3 Å². The Balaban J connectivity index is 1.91. The zero-order valence-corrected chi connectivity index (χ0v) is 11.9. The second-order valence-corrected chi connectivity index (χ2v) is 5.94. The fourth-order valence-electron chi connectivity index (χ4n) is 3.26. The van der Waals surface area contributed by atoms with Crippen molar-refractivity contribution in [1.29, 1.82) is 5.26 Å². The molecule has 0 saturated heterocycles. The van der Waals surface area contributed by atoms with Gasteiger partial charge in [-0.2, -0.15) is 5.26 Å². The van der Waals surface area contributed by atoms with Crippen molar-refractivity contribution in [1.82, 2.24) is 0 Å². The van der Waals surface area contributed by atoms with Crippen molar-refractivity contribution in [3.63, 3.8) is 0 Å². The molecule has 1 aliphatic rings. The highest BCUT2D eigenvalue weighted by molar-refractivity contribution is 5.35. The predicted molar refractivity (Wildman–Crippen MR) is 81.4 cm³/mol. The van der Waals surface area contributed by atoms with E-state index in [1.165, 1.54) is 22.3 Å². The molecule has 1 heteroatoms. The Kier molecular flexibility index (Phi) is 3.32. The van der Waals surface area contributed by atoms with Crippen molar-refractivity contribution in [3.8, 4) is 6.07 Å². The molecule has 0 aromatic heterocycles. The van der Waals surface area contributed by atoms with Gasteiger partial charge in [0.25, 0.3) is 0 Å². The standard InChI is InChI=1S/C19H19N/c1-15-6-2-3-8-17(15)12-19(14-20)11-10-16-7-4-5-9-18(16)13-19/h2-9H,10-13H2,1H3. The van der Waals surface area contributed by atoms with Gasteiger partial charge in [0.2, 0.25) is 0 Å². The van der Waals surface area contributed by atoms with Gasteiger partial charge in [-0.3, -0.25) is 0 Å². The zero-order chi connectivity index (χ0) is 14.0. The minimum atomic E-state index is -0.236. The SMILES string of the molecule is Cc1ccccc1CC1(C#N)CCc2ccccc2C1. The highest BCUT2D eigenvalue weighted by atomic mass is 14.4. The molecule has 0 heterocycles. The molecule has 0 amide bonds. The van der Waals surface area contributed by atoms with Gasteiger partial charge in [0.15, 0.2) is 0 Å². The van der Waals surface area contributed by atoms with Crippen LogP contribution in [0.1, 0.15) is 28.7 Å². The van der Waals surface area contributed by atoms with Gasteiger partial charge >= 0.3 is 0 Å². The summed E-state index contributed by atoms with van der Waals surface area (Å²) in [5.74, 6) is 0. The van der Waals surface area contributed by atoms with Gasteiger partial charge < -0.3 is 0 Å². The van der Waals surface area contributed by atoms with Crippen LogP contribution in [0.25, 0.3) is 0 Å². The van der Waals surface area contributed by atoms with Crippen molar-refractivity contribution in [2.24, 2.45) is 5.41 Å². The van der Waals surface area contributed by atoms with E-state index in [9.17, 15) is 5.26 Å². The number of fused-ring (bicyclic) bond motifs is 1. The number of aryl methyl sites for hydroxylation is 2. The summed E-state index contributed by atoms with van der Waals surface area (Å²) in [6.07, 6.45) is 3.74. The third-order valence-corrected chi connectivity index (χ3v) is 4.55. The molecule has 0 spiro atoms. The average Bonchev–Trinajstić information content (AvgIpc) is 2.49. The molecule has 1 unspecified atom stereocenters. The minimum Gasteiger partial charge on any atom is -0.198 e. The van der Waals surface area contributed by atoms with E-state index < -0.39 is 0 Å². The third-order valence-electron chi connectivity index (χ3n) is 4.55. The van der Waals surface area contributed by atoms with Crippen molar-refractivity contribution < 1.29 is 0 Å². The van der Waals surface area contributed by atoms with E-state index in [4.69, 9.17) is 0 Å². The van der Waals surface area contributed by atoms with E-state index in [1.54, 1.807) is 0 Å². The van der Waals surface area contributed by atoms with Crippen LogP contribution in [0, 0.1) is 23.7 Å². The Morgan fingerprint density at radius 1 is 1.05 bits per heavy atom. The van der Waals surface area contributed by atoms with Gasteiger partial charge in [-0.25, -0.2) is 0 Å². The van der Waals surface area contributed by atoms with Gasteiger partial charge in [0.05, 0.1) is 11.5 Å². The first kappa shape index (κ1) is 12.9. The van der Waals surface area contributed by atoms with E-state index in [1.807, 2.05) is 0 Å². The Morgan fingerprint density at radius 2 is 1.75 bits per heavy atom. The molecule has 0 N–H and O–H groups in total. The van der Waals surface area contributed by atoms with Crippen LogP contribution < -0.4 is 0 Å². The van der Waals surface area contributed by atoms with E-state index in [0.29, 0.717) is 0 Å². The Bertz CT molecular complexity index is 665. The van der Waals surface area contributed by atoms with E-state index >= 15 is 0 Å². The summed E-state index contributed by atoms with van der Waals surface area (Å²) in [7, 11) is 0. The molecule has 20 heavy (non-hydrogen) atoms. The molecule has 0 radical (unpaired) electrons. The molecule has 2 aromatic rings. The number of hydrogen-bond donors (Lipinski definition) is 0. The Hall–Kier alpha value is -2.07. The fraction of sp³-hybridized carbons (Fsp3) is 0.316. The predicted octanol–water partition coefficient (Wildman–Crippen LogP) is 4.24. The van der Waals surface area contributed by atoms with Crippen LogP contribution in [-0.4, -0.2) is 0 Å². The lowest BCUT2D eigenvalue weighted by Gasteiger charge is -2.32. The monoisotopic (exact) mass is 261 g/mol. The highest BCUT2D eigenvalue weighted by Crippen LogP contribution is 2.38. The number of benzene rings is 2. The summed E-state index contributed by atoms with van der Waals surface area (Å²) in [6, 6.07) is 19.6. The largest absolute Gasteiger partial charge is 0.198 e. The molecule has 0 saturated carbocycles. The number of nitrogens with zero attached hydrogens (tertiary/aromatic N) is 1. The van der Waals surface area contributed by atoms with Gasteiger partial charge in [0, 0.05) is 0 Å². The van der Waals surface area contributed by atoms with Crippen molar-refractivity contribution in [2.45, 2.75) is 32.6 Å². The van der Waals surface area contributed by atoms with E-state index in [-0.39, 0.29) is 5.41 Å². The lowest BCUT2D eigenvalue weighted by atomic mass is 9.69. The van der Waals surface area contributed by atoms with Crippen LogP contribution in [0.4, 0.5) is 0 Å². The highest BCUT2D eigenvalue weighted by Gasteiger charge is 2.34. The first-order valence-corrected chi connectivity index (χ1v) is 7.25. The van der Waals surface area contributed by atoms with Crippen molar-refractivity contribution in [2.75, 3.05) is 0 Å². The topological polar surface area (TPSA) is 23.8 Å². The van der Waals surface area contributed by atoms with Crippen LogP contribution in [0.15, 0.2) is 48.5 Å². The van der Waals surface area contributed by atoms with Gasteiger partial charge in [0.1, 0.15) is 0 Å². The van der Waals surface area contributed by atoms with Crippen LogP contribution >= 0.6 is 0 Å². The van der Waals surface area contributed by atoms with Crippen molar-refractivity contribution >= 4 is 0 Å².